The van der Waals surface area contributed by atoms with Gasteiger partial charge in [-0.3, -0.25) is 4.79 Å². The largest absolute Gasteiger partial charge is 0.504 e. The van der Waals surface area contributed by atoms with Gasteiger partial charge in [0.25, 0.3) is 0 Å². The van der Waals surface area contributed by atoms with Gasteiger partial charge in [0.15, 0.2) is 5.75 Å². The summed E-state index contributed by atoms with van der Waals surface area (Å²) in [5.41, 5.74) is 0.811. The maximum atomic E-state index is 11.3. The van der Waals surface area contributed by atoms with Crippen molar-refractivity contribution in [3.05, 3.63) is 38.0 Å². The lowest BCUT2D eigenvalue weighted by Gasteiger charge is -1.88. The van der Waals surface area contributed by atoms with E-state index < -0.39 is 0 Å². The Hall–Kier alpha value is -0.830. The van der Waals surface area contributed by atoms with Gasteiger partial charge >= 0.3 is 0 Å². The Morgan fingerprint density at radius 2 is 1.75 bits per heavy atom. The maximum Gasteiger partial charge on any atom is 0.223 e. The Labute approximate surface area is 79.0 Å². The van der Waals surface area contributed by atoms with E-state index in [2.05, 4.69) is 15.9 Å². The molecule has 1 N–H and O–H groups in total. The van der Waals surface area contributed by atoms with Crippen LogP contribution in [0, 0.1) is 13.8 Å². The van der Waals surface area contributed by atoms with Crippen LogP contribution in [0.25, 0.3) is 0 Å². The Morgan fingerprint density at radius 1 is 1.25 bits per heavy atom. The second-order valence-electron chi connectivity index (χ2n) is 2.72. The highest BCUT2D eigenvalue weighted by atomic mass is 79.9. The van der Waals surface area contributed by atoms with Crippen LogP contribution in [-0.4, -0.2) is 5.11 Å². The Balaban J connectivity index is 3.69. The molecule has 0 spiro atoms. The van der Waals surface area contributed by atoms with Crippen LogP contribution in [0.2, 0.25) is 0 Å². The average molecular weight is 229 g/mol. The van der Waals surface area contributed by atoms with E-state index in [4.69, 9.17) is 0 Å². The first kappa shape index (κ1) is 9.26. The second kappa shape index (κ2) is 3.27. The topological polar surface area (TPSA) is 37.3 Å². The number of aryl methyl sites for hydroxylation is 2. The summed E-state index contributed by atoms with van der Waals surface area (Å²) >= 11 is 3.26. The number of hydrogen-bond acceptors (Lipinski definition) is 2. The van der Waals surface area contributed by atoms with Crippen LogP contribution in [0.1, 0.15) is 11.1 Å². The van der Waals surface area contributed by atoms with Gasteiger partial charge in [-0.25, -0.2) is 0 Å². The minimum atomic E-state index is -0.307. The summed E-state index contributed by atoms with van der Waals surface area (Å²) in [6, 6.07) is 3.40. The minimum Gasteiger partial charge on any atom is -0.504 e. The normalized spacial score (nSPS) is 9.92. The molecule has 0 heterocycles. The van der Waals surface area contributed by atoms with Gasteiger partial charge in [-0.15, -0.1) is 0 Å². The summed E-state index contributed by atoms with van der Waals surface area (Å²) in [5, 5.41) is 9.34. The zero-order valence-corrected chi connectivity index (χ0v) is 8.47. The van der Waals surface area contributed by atoms with Crippen LogP contribution >= 0.6 is 15.9 Å². The SMILES string of the molecule is Cc1cc(Br)cc(C)c(=O)c1O. The van der Waals surface area contributed by atoms with E-state index >= 15 is 0 Å². The van der Waals surface area contributed by atoms with Crippen LogP contribution in [0.5, 0.6) is 5.75 Å². The molecule has 1 aromatic rings. The van der Waals surface area contributed by atoms with Crippen molar-refractivity contribution in [1.29, 1.82) is 0 Å². The molecule has 0 fully saturated rings. The molecule has 0 bridgehead atoms. The van der Waals surface area contributed by atoms with E-state index in [0.717, 1.165) is 4.47 Å². The van der Waals surface area contributed by atoms with Crippen molar-refractivity contribution in [3.63, 3.8) is 0 Å². The van der Waals surface area contributed by atoms with Crippen molar-refractivity contribution >= 4 is 15.9 Å². The zero-order chi connectivity index (χ0) is 9.30. The lowest BCUT2D eigenvalue weighted by molar-refractivity contribution is 0.466. The molecule has 0 saturated carbocycles. The summed E-state index contributed by atoms with van der Waals surface area (Å²) in [6.07, 6.45) is 0. The van der Waals surface area contributed by atoms with Gasteiger partial charge in [0.1, 0.15) is 0 Å². The first-order valence-corrected chi connectivity index (χ1v) is 4.31. The molecule has 0 radical (unpaired) electrons. The fraction of sp³-hybridized carbons (Fsp3) is 0.222. The Kier molecular flexibility index (Phi) is 2.52. The molecular weight excluding hydrogens is 220 g/mol. The molecule has 0 aliphatic heterocycles. The van der Waals surface area contributed by atoms with E-state index in [0.29, 0.717) is 11.1 Å². The predicted octanol–water partition coefficient (Wildman–Crippen LogP) is 2.13. The molecule has 1 rings (SSSR count). The van der Waals surface area contributed by atoms with Gasteiger partial charge in [0, 0.05) is 10.0 Å². The van der Waals surface area contributed by atoms with E-state index in [1.54, 1.807) is 26.0 Å². The number of hydrogen-bond donors (Lipinski definition) is 1. The van der Waals surface area contributed by atoms with E-state index in [1.165, 1.54) is 0 Å². The highest BCUT2D eigenvalue weighted by molar-refractivity contribution is 9.10. The third-order valence-corrected chi connectivity index (χ3v) is 2.11. The van der Waals surface area contributed by atoms with Crippen molar-refractivity contribution in [1.82, 2.24) is 0 Å². The van der Waals surface area contributed by atoms with Crippen molar-refractivity contribution in [2.24, 2.45) is 0 Å². The zero-order valence-electron chi connectivity index (χ0n) is 6.89. The van der Waals surface area contributed by atoms with E-state index in [-0.39, 0.29) is 11.2 Å². The lowest BCUT2D eigenvalue weighted by Crippen LogP contribution is -2.00. The van der Waals surface area contributed by atoms with Gasteiger partial charge in [-0.2, -0.15) is 0 Å². The van der Waals surface area contributed by atoms with Crippen LogP contribution in [0.4, 0.5) is 0 Å². The fourth-order valence-electron chi connectivity index (χ4n) is 0.955. The molecule has 0 atom stereocenters. The second-order valence-corrected chi connectivity index (χ2v) is 3.63. The van der Waals surface area contributed by atoms with Crippen LogP contribution in [0.15, 0.2) is 21.4 Å². The van der Waals surface area contributed by atoms with Crippen molar-refractivity contribution in [3.8, 4) is 5.75 Å². The first-order chi connectivity index (χ1) is 5.52. The summed E-state index contributed by atoms with van der Waals surface area (Å²) in [7, 11) is 0. The Morgan fingerprint density at radius 3 is 2.33 bits per heavy atom. The van der Waals surface area contributed by atoms with Crippen LogP contribution < -0.4 is 5.43 Å². The standard InChI is InChI=1S/C9H9BrO2/c1-5-3-7(10)4-6(2)9(12)8(5)11/h3-4H,1-2H3,(H,11,12). The molecule has 0 aromatic heterocycles. The van der Waals surface area contributed by atoms with E-state index in [1.807, 2.05) is 0 Å². The predicted molar refractivity (Wildman–Crippen MR) is 51.6 cm³/mol. The quantitative estimate of drug-likeness (QED) is 0.739. The summed E-state index contributed by atoms with van der Waals surface area (Å²) in [5.74, 6) is -0.168. The van der Waals surface area contributed by atoms with Gasteiger partial charge < -0.3 is 5.11 Å². The van der Waals surface area contributed by atoms with Crippen LogP contribution in [-0.2, 0) is 0 Å². The molecule has 0 aliphatic carbocycles. The summed E-state index contributed by atoms with van der Waals surface area (Å²) in [6.45, 7) is 3.37. The van der Waals surface area contributed by atoms with Crippen LogP contribution in [0.3, 0.4) is 0 Å². The number of rotatable bonds is 0. The molecule has 64 valence electrons. The summed E-state index contributed by atoms with van der Waals surface area (Å²) in [4.78, 5) is 11.3. The first-order valence-electron chi connectivity index (χ1n) is 3.52. The highest BCUT2D eigenvalue weighted by Gasteiger charge is 2.02. The van der Waals surface area contributed by atoms with Gasteiger partial charge in [-0.1, -0.05) is 15.9 Å². The van der Waals surface area contributed by atoms with Gasteiger partial charge in [-0.05, 0) is 31.5 Å². The molecule has 0 unspecified atom stereocenters. The molecule has 0 amide bonds. The van der Waals surface area contributed by atoms with Crippen molar-refractivity contribution < 1.29 is 5.11 Å². The maximum absolute atomic E-state index is 11.3. The average Bonchev–Trinajstić information content (AvgIpc) is 2.05. The van der Waals surface area contributed by atoms with E-state index in [9.17, 15) is 9.90 Å². The number of aromatic hydroxyl groups is 1. The highest BCUT2D eigenvalue weighted by Crippen LogP contribution is 2.16. The fourth-order valence-corrected chi connectivity index (χ4v) is 1.64. The monoisotopic (exact) mass is 228 g/mol. The van der Waals surface area contributed by atoms with Crippen molar-refractivity contribution in [2.75, 3.05) is 0 Å². The molecule has 12 heavy (non-hydrogen) atoms. The molecule has 1 aromatic carbocycles. The molecule has 3 heteroatoms. The third kappa shape index (κ3) is 1.67. The Bertz CT molecular complexity index is 372. The summed E-state index contributed by atoms with van der Waals surface area (Å²) < 4.78 is 0.801. The lowest BCUT2D eigenvalue weighted by atomic mass is 10.2. The van der Waals surface area contributed by atoms with Gasteiger partial charge in [0.2, 0.25) is 5.43 Å². The minimum absolute atomic E-state index is 0.168. The smallest absolute Gasteiger partial charge is 0.223 e. The molecule has 0 aliphatic rings. The van der Waals surface area contributed by atoms with Gasteiger partial charge in [0.05, 0.1) is 0 Å². The van der Waals surface area contributed by atoms with Crippen molar-refractivity contribution in [2.45, 2.75) is 13.8 Å². The molecule has 2 nitrogen and oxygen atoms in total. The molecule has 0 saturated heterocycles. The molecular formula is C9H9BrO2. The third-order valence-electron chi connectivity index (χ3n) is 1.66. The number of halogens is 1.